The summed E-state index contributed by atoms with van der Waals surface area (Å²) in [7, 11) is 0. The Kier molecular flexibility index (Phi) is 25.2. The van der Waals surface area contributed by atoms with Gasteiger partial charge in [0.15, 0.2) is 0 Å². The summed E-state index contributed by atoms with van der Waals surface area (Å²) in [4.78, 5) is 0. The van der Waals surface area contributed by atoms with Crippen molar-refractivity contribution in [2.45, 2.75) is 195 Å². The molecule has 2 N–H and O–H groups in total. The van der Waals surface area contributed by atoms with Gasteiger partial charge in [-0.3, -0.25) is 0 Å². The molecule has 0 spiro atoms. The van der Waals surface area contributed by atoms with Crippen LogP contribution >= 0.6 is 0 Å². The average Bonchev–Trinajstić information content (AvgIpc) is 2.89. The minimum absolute atomic E-state index is 0.206. The summed E-state index contributed by atoms with van der Waals surface area (Å²) in [6.45, 7) is 9.91. The number of aliphatic hydroxyl groups excluding tert-OH is 2. The smallest absolute Gasteiger partial charge is 0.0487 e. The second-order valence-electron chi connectivity index (χ2n) is 12.5. The lowest BCUT2D eigenvalue weighted by Gasteiger charge is -2.32. The van der Waals surface area contributed by atoms with Crippen molar-refractivity contribution in [1.82, 2.24) is 0 Å². The Morgan fingerprint density at radius 2 is 0.500 bits per heavy atom. The van der Waals surface area contributed by atoms with Crippen molar-refractivity contribution in [1.29, 1.82) is 0 Å². The maximum Gasteiger partial charge on any atom is 0.0487 e. The van der Waals surface area contributed by atoms with Crippen molar-refractivity contribution < 1.29 is 10.2 Å². The first-order chi connectivity index (χ1) is 17.6. The zero-order valence-corrected chi connectivity index (χ0v) is 25.7. The molecule has 0 saturated heterocycles. The van der Waals surface area contributed by atoms with Crippen LogP contribution in [0.3, 0.4) is 0 Å². The van der Waals surface area contributed by atoms with E-state index in [0.29, 0.717) is 13.2 Å². The quantitative estimate of drug-likeness (QED) is 0.0982. The molecule has 0 aromatic rings. The minimum Gasteiger partial charge on any atom is -0.396 e. The van der Waals surface area contributed by atoms with Crippen LogP contribution in [-0.4, -0.2) is 23.4 Å². The third-order valence-electron chi connectivity index (χ3n) is 9.08. The summed E-state index contributed by atoms with van der Waals surface area (Å²) in [5, 5.41) is 20.6. The molecule has 0 amide bonds. The van der Waals surface area contributed by atoms with Gasteiger partial charge in [0, 0.05) is 13.2 Å². The molecular weight excluding hydrogens is 440 g/mol. The maximum atomic E-state index is 10.3. The Morgan fingerprint density at radius 3 is 0.694 bits per heavy atom. The first-order valence-electron chi connectivity index (χ1n) is 16.8. The van der Waals surface area contributed by atoms with Crippen LogP contribution in [0, 0.1) is 10.8 Å². The van der Waals surface area contributed by atoms with Gasteiger partial charge >= 0.3 is 0 Å². The minimum atomic E-state index is 0.206. The SMILES string of the molecule is CCCCCC(CO)(CCCCC)CCCCCCCCCCC(CO)(CCCCC)CCCCC. The first-order valence-corrected chi connectivity index (χ1v) is 16.8. The van der Waals surface area contributed by atoms with Gasteiger partial charge in [0.05, 0.1) is 0 Å². The number of unbranched alkanes of at least 4 members (excludes halogenated alkanes) is 15. The number of aliphatic hydroxyl groups is 2. The van der Waals surface area contributed by atoms with Crippen molar-refractivity contribution in [3.05, 3.63) is 0 Å². The summed E-state index contributed by atoms with van der Waals surface area (Å²) < 4.78 is 0. The molecule has 0 radical (unpaired) electrons. The van der Waals surface area contributed by atoms with Gasteiger partial charge in [-0.1, -0.05) is 156 Å². The van der Waals surface area contributed by atoms with E-state index in [9.17, 15) is 10.2 Å². The molecular formula is C34H70O2. The van der Waals surface area contributed by atoms with Crippen molar-refractivity contribution in [3.63, 3.8) is 0 Å². The maximum absolute atomic E-state index is 10.3. The Labute approximate surface area is 228 Å². The molecule has 0 bridgehead atoms. The lowest BCUT2D eigenvalue weighted by Crippen LogP contribution is -2.26. The molecule has 0 heterocycles. The van der Waals surface area contributed by atoms with Gasteiger partial charge in [-0.2, -0.15) is 0 Å². The fraction of sp³-hybridized carbons (Fsp3) is 1.00. The number of rotatable bonds is 29. The van der Waals surface area contributed by atoms with E-state index in [0.717, 1.165) is 0 Å². The molecule has 0 atom stereocenters. The van der Waals surface area contributed by atoms with E-state index < -0.39 is 0 Å². The molecule has 0 aliphatic rings. The second kappa shape index (κ2) is 25.2. The van der Waals surface area contributed by atoms with Gasteiger partial charge < -0.3 is 10.2 Å². The Bertz CT molecular complexity index is 373. The molecule has 0 aromatic carbocycles. The normalized spacial score (nSPS) is 12.5. The molecule has 0 saturated carbocycles. The molecule has 0 aromatic heterocycles. The highest BCUT2D eigenvalue weighted by molar-refractivity contribution is 4.80. The highest BCUT2D eigenvalue weighted by Gasteiger charge is 2.28. The molecule has 2 nitrogen and oxygen atoms in total. The van der Waals surface area contributed by atoms with Crippen LogP contribution in [0.5, 0.6) is 0 Å². The number of hydrogen-bond donors (Lipinski definition) is 2. The van der Waals surface area contributed by atoms with Crippen LogP contribution in [0.4, 0.5) is 0 Å². The van der Waals surface area contributed by atoms with Crippen LogP contribution in [0.2, 0.25) is 0 Å². The zero-order chi connectivity index (χ0) is 26.8. The van der Waals surface area contributed by atoms with E-state index in [1.165, 1.54) is 167 Å². The summed E-state index contributed by atoms with van der Waals surface area (Å²) in [5.41, 5.74) is 0.412. The van der Waals surface area contributed by atoms with Gasteiger partial charge in [-0.25, -0.2) is 0 Å². The van der Waals surface area contributed by atoms with Gasteiger partial charge in [0.2, 0.25) is 0 Å². The van der Waals surface area contributed by atoms with E-state index in [2.05, 4.69) is 27.7 Å². The molecule has 218 valence electrons. The van der Waals surface area contributed by atoms with E-state index in [1.807, 2.05) is 0 Å². The fourth-order valence-corrected chi connectivity index (χ4v) is 6.29. The summed E-state index contributed by atoms with van der Waals surface area (Å²) in [6, 6.07) is 0. The second-order valence-corrected chi connectivity index (χ2v) is 12.5. The standard InChI is InChI=1S/C34H70O2/c1-5-9-19-25-33(31-35,26-20-10-6-2)29-23-17-15-13-14-16-18-24-30-34(32-36,27-21-11-7-3)28-22-12-8-4/h35-36H,5-32H2,1-4H3. The van der Waals surface area contributed by atoms with Crippen LogP contribution in [0.25, 0.3) is 0 Å². The van der Waals surface area contributed by atoms with E-state index in [1.54, 1.807) is 0 Å². The van der Waals surface area contributed by atoms with Crippen molar-refractivity contribution in [2.75, 3.05) is 13.2 Å². The zero-order valence-electron chi connectivity index (χ0n) is 25.7. The topological polar surface area (TPSA) is 40.5 Å². The Hall–Kier alpha value is -0.0800. The molecule has 0 unspecified atom stereocenters. The first kappa shape index (κ1) is 35.9. The third-order valence-corrected chi connectivity index (χ3v) is 9.08. The van der Waals surface area contributed by atoms with E-state index in [4.69, 9.17) is 0 Å². The molecule has 0 fully saturated rings. The van der Waals surface area contributed by atoms with Gasteiger partial charge in [-0.15, -0.1) is 0 Å². The molecule has 0 rings (SSSR count). The molecule has 0 aliphatic heterocycles. The van der Waals surface area contributed by atoms with Crippen molar-refractivity contribution in [3.8, 4) is 0 Å². The highest BCUT2D eigenvalue weighted by atomic mass is 16.3. The van der Waals surface area contributed by atoms with Crippen molar-refractivity contribution >= 4 is 0 Å². The van der Waals surface area contributed by atoms with E-state index in [-0.39, 0.29) is 10.8 Å². The summed E-state index contributed by atoms with van der Waals surface area (Å²) in [6.07, 6.45) is 33.6. The van der Waals surface area contributed by atoms with Crippen LogP contribution < -0.4 is 0 Å². The van der Waals surface area contributed by atoms with Gasteiger partial charge in [0.25, 0.3) is 0 Å². The lowest BCUT2D eigenvalue weighted by atomic mass is 9.74. The van der Waals surface area contributed by atoms with E-state index >= 15 is 0 Å². The Balaban J connectivity index is 4.18. The molecule has 2 heteroatoms. The lowest BCUT2D eigenvalue weighted by molar-refractivity contribution is 0.0856. The van der Waals surface area contributed by atoms with Crippen LogP contribution in [-0.2, 0) is 0 Å². The molecule has 36 heavy (non-hydrogen) atoms. The largest absolute Gasteiger partial charge is 0.396 e. The van der Waals surface area contributed by atoms with Gasteiger partial charge in [-0.05, 0) is 49.4 Å². The Morgan fingerprint density at radius 1 is 0.306 bits per heavy atom. The van der Waals surface area contributed by atoms with Crippen LogP contribution in [0.15, 0.2) is 0 Å². The van der Waals surface area contributed by atoms with Crippen molar-refractivity contribution in [2.24, 2.45) is 10.8 Å². The summed E-state index contributed by atoms with van der Waals surface area (Å²) >= 11 is 0. The molecule has 0 aliphatic carbocycles. The fourth-order valence-electron chi connectivity index (χ4n) is 6.29. The predicted octanol–water partition coefficient (Wildman–Crippen LogP) is 11.2. The highest BCUT2D eigenvalue weighted by Crippen LogP contribution is 2.38. The summed E-state index contributed by atoms with van der Waals surface area (Å²) in [5.74, 6) is 0. The predicted molar refractivity (Wildman–Crippen MR) is 162 cm³/mol. The monoisotopic (exact) mass is 511 g/mol. The van der Waals surface area contributed by atoms with Gasteiger partial charge in [0.1, 0.15) is 0 Å². The number of hydrogen-bond acceptors (Lipinski definition) is 2. The third kappa shape index (κ3) is 18.2. The average molecular weight is 511 g/mol. The van der Waals surface area contributed by atoms with Crippen LogP contribution in [0.1, 0.15) is 195 Å².